The summed E-state index contributed by atoms with van der Waals surface area (Å²) >= 11 is 3.54. The molecule has 1 aliphatic carbocycles. The van der Waals surface area contributed by atoms with Crippen molar-refractivity contribution in [1.29, 1.82) is 0 Å². The molecule has 0 unspecified atom stereocenters. The fourth-order valence-corrected chi connectivity index (χ4v) is 4.82. The molecule has 1 amide bonds. The van der Waals surface area contributed by atoms with Gasteiger partial charge in [-0.1, -0.05) is 15.9 Å². The molecular formula is C22H25BrN2O4. The molecule has 1 aromatic rings. The number of halogens is 1. The van der Waals surface area contributed by atoms with E-state index in [1.54, 1.807) is 7.11 Å². The van der Waals surface area contributed by atoms with Crippen LogP contribution in [-0.2, 0) is 14.3 Å². The number of nitrogens with zero attached hydrogens (tertiary/aromatic N) is 1. The lowest BCUT2D eigenvalue weighted by atomic mass is 9.74. The van der Waals surface area contributed by atoms with Crippen LogP contribution in [0, 0.1) is 0 Å². The number of amides is 1. The second-order valence-electron chi connectivity index (χ2n) is 7.56. The van der Waals surface area contributed by atoms with Crippen molar-refractivity contribution >= 4 is 27.6 Å². The summed E-state index contributed by atoms with van der Waals surface area (Å²) < 4.78 is 11.9. The van der Waals surface area contributed by atoms with Gasteiger partial charge in [0, 0.05) is 52.1 Å². The van der Waals surface area contributed by atoms with Crippen molar-refractivity contribution in [2.75, 3.05) is 33.4 Å². The molecule has 4 rings (SSSR count). The van der Waals surface area contributed by atoms with Crippen LogP contribution in [0.2, 0.25) is 0 Å². The molecule has 7 heteroatoms. The molecule has 0 radical (unpaired) electrons. The van der Waals surface area contributed by atoms with Crippen LogP contribution in [-0.4, -0.2) is 50.0 Å². The van der Waals surface area contributed by atoms with Crippen molar-refractivity contribution < 1.29 is 19.1 Å². The van der Waals surface area contributed by atoms with E-state index in [0.29, 0.717) is 49.6 Å². The molecule has 3 aliphatic rings. The second-order valence-corrected chi connectivity index (χ2v) is 8.47. The van der Waals surface area contributed by atoms with Gasteiger partial charge >= 0.3 is 0 Å². The lowest BCUT2D eigenvalue weighted by Crippen LogP contribution is -2.44. The molecule has 0 bridgehead atoms. The number of rotatable bonds is 3. The number of morpholine rings is 1. The Morgan fingerprint density at radius 1 is 1.28 bits per heavy atom. The van der Waals surface area contributed by atoms with Gasteiger partial charge < -0.3 is 19.7 Å². The number of Topliss-reactive ketones (excluding diaryl/α,β-unsaturated/α-hetero) is 1. The Labute approximate surface area is 179 Å². The quantitative estimate of drug-likeness (QED) is 0.749. The summed E-state index contributed by atoms with van der Waals surface area (Å²) in [6.07, 6.45) is 2.14. The second kappa shape index (κ2) is 8.32. The molecule has 29 heavy (non-hydrogen) atoms. The third kappa shape index (κ3) is 3.73. The largest absolute Gasteiger partial charge is 0.496 e. The minimum atomic E-state index is -0.443. The van der Waals surface area contributed by atoms with Crippen LogP contribution in [0.1, 0.15) is 37.7 Å². The van der Waals surface area contributed by atoms with Crippen molar-refractivity contribution in [3.05, 3.63) is 50.8 Å². The molecule has 154 valence electrons. The molecule has 1 saturated heterocycles. The van der Waals surface area contributed by atoms with E-state index in [0.717, 1.165) is 34.3 Å². The molecule has 1 atom stereocenters. The van der Waals surface area contributed by atoms with Gasteiger partial charge in [-0.25, -0.2) is 0 Å². The van der Waals surface area contributed by atoms with E-state index >= 15 is 0 Å². The number of methoxy groups -OCH3 is 1. The van der Waals surface area contributed by atoms with Crippen molar-refractivity contribution in [1.82, 2.24) is 10.2 Å². The van der Waals surface area contributed by atoms with Crippen molar-refractivity contribution in [2.24, 2.45) is 0 Å². The molecule has 6 nitrogen and oxygen atoms in total. The summed E-state index contributed by atoms with van der Waals surface area (Å²) in [5.74, 6) is 0.285. The van der Waals surface area contributed by atoms with E-state index in [-0.39, 0.29) is 11.7 Å². The van der Waals surface area contributed by atoms with E-state index < -0.39 is 5.92 Å². The van der Waals surface area contributed by atoms with Crippen LogP contribution in [0.5, 0.6) is 5.75 Å². The zero-order valence-corrected chi connectivity index (χ0v) is 18.3. The Hall–Kier alpha value is -2.12. The third-order valence-corrected chi connectivity index (χ3v) is 6.30. The highest BCUT2D eigenvalue weighted by Crippen LogP contribution is 2.46. The summed E-state index contributed by atoms with van der Waals surface area (Å²) in [4.78, 5) is 28.4. The maximum atomic E-state index is 13.6. The number of dihydropyridines is 1. The van der Waals surface area contributed by atoms with Gasteiger partial charge in [0.05, 0.1) is 26.2 Å². The lowest BCUT2D eigenvalue weighted by Gasteiger charge is -2.37. The maximum absolute atomic E-state index is 13.6. The zero-order chi connectivity index (χ0) is 20.5. The topological polar surface area (TPSA) is 67.9 Å². The first kappa shape index (κ1) is 20.2. The monoisotopic (exact) mass is 460 g/mol. The molecule has 1 N–H and O–H groups in total. The first-order chi connectivity index (χ1) is 14.0. The minimum absolute atomic E-state index is 0.0461. The number of nitrogens with one attached hydrogen (secondary N) is 1. The Balaban J connectivity index is 1.87. The summed E-state index contributed by atoms with van der Waals surface area (Å²) in [6.45, 7) is 4.09. The van der Waals surface area contributed by atoms with Crippen LogP contribution >= 0.6 is 15.9 Å². The van der Waals surface area contributed by atoms with Gasteiger partial charge in [-0.3, -0.25) is 9.59 Å². The number of hydrogen-bond acceptors (Lipinski definition) is 5. The summed E-state index contributed by atoms with van der Waals surface area (Å²) in [5.41, 5.74) is 3.90. The number of benzene rings is 1. The first-order valence-electron chi connectivity index (χ1n) is 9.95. The lowest BCUT2D eigenvalue weighted by molar-refractivity contribution is -0.131. The van der Waals surface area contributed by atoms with Crippen LogP contribution in [0.4, 0.5) is 0 Å². The third-order valence-electron chi connectivity index (χ3n) is 5.81. The van der Waals surface area contributed by atoms with Crippen LogP contribution in [0.3, 0.4) is 0 Å². The molecule has 0 spiro atoms. The average molecular weight is 461 g/mol. The highest BCUT2D eigenvalue weighted by molar-refractivity contribution is 9.10. The highest BCUT2D eigenvalue weighted by Gasteiger charge is 2.41. The van der Waals surface area contributed by atoms with Gasteiger partial charge in [0.25, 0.3) is 5.91 Å². The number of ether oxygens (including phenoxy) is 2. The number of hydrogen-bond donors (Lipinski definition) is 1. The van der Waals surface area contributed by atoms with Gasteiger partial charge in [0.15, 0.2) is 5.78 Å². The van der Waals surface area contributed by atoms with Gasteiger partial charge in [0.2, 0.25) is 0 Å². The molecule has 2 aliphatic heterocycles. The molecule has 2 heterocycles. The first-order valence-corrected chi connectivity index (χ1v) is 10.7. The van der Waals surface area contributed by atoms with Crippen LogP contribution in [0.15, 0.2) is 45.2 Å². The zero-order valence-electron chi connectivity index (χ0n) is 16.7. The molecule has 0 saturated carbocycles. The standard InChI is InChI=1S/C22H25BrN2O4/c1-13-19(22(27)25-8-10-29-11-9-25)20(15-12-14(23)6-7-18(15)28-2)21-16(24-13)4-3-5-17(21)26/h6-7,12,20,24H,3-5,8-11H2,1-2H3/t20-/m0/s1. The predicted molar refractivity (Wildman–Crippen MR) is 113 cm³/mol. The van der Waals surface area contributed by atoms with Crippen molar-refractivity contribution in [3.8, 4) is 5.75 Å². The summed E-state index contributed by atoms with van der Waals surface area (Å²) in [6, 6.07) is 5.74. The van der Waals surface area contributed by atoms with Gasteiger partial charge in [-0.15, -0.1) is 0 Å². The summed E-state index contributed by atoms with van der Waals surface area (Å²) in [5, 5.41) is 3.38. The molecule has 1 aromatic carbocycles. The average Bonchev–Trinajstić information content (AvgIpc) is 2.73. The number of ketones is 1. The van der Waals surface area contributed by atoms with Crippen LogP contribution < -0.4 is 10.1 Å². The Morgan fingerprint density at radius 2 is 2.03 bits per heavy atom. The normalized spacial score (nSPS) is 22.4. The SMILES string of the molecule is COc1ccc(Br)cc1[C@H]1C(C(=O)N2CCOCC2)=C(C)NC2=C1C(=O)CCC2. The van der Waals surface area contributed by atoms with Gasteiger partial charge in [0.1, 0.15) is 5.75 Å². The van der Waals surface area contributed by atoms with E-state index in [1.807, 2.05) is 30.0 Å². The maximum Gasteiger partial charge on any atom is 0.252 e. The predicted octanol–water partition coefficient (Wildman–Crippen LogP) is 3.28. The smallest absolute Gasteiger partial charge is 0.252 e. The van der Waals surface area contributed by atoms with Crippen molar-refractivity contribution in [3.63, 3.8) is 0 Å². The number of carbonyl (C=O) groups excluding carboxylic acids is 2. The molecule has 1 fully saturated rings. The molecule has 0 aromatic heterocycles. The van der Waals surface area contributed by atoms with Gasteiger partial charge in [-0.05, 0) is 38.0 Å². The molecular weight excluding hydrogens is 436 g/mol. The van der Waals surface area contributed by atoms with Crippen molar-refractivity contribution in [2.45, 2.75) is 32.1 Å². The number of allylic oxidation sites excluding steroid dienone is 3. The summed E-state index contributed by atoms with van der Waals surface area (Å²) in [7, 11) is 1.62. The van der Waals surface area contributed by atoms with E-state index in [1.165, 1.54) is 0 Å². The fraction of sp³-hybridized carbons (Fsp3) is 0.455. The van der Waals surface area contributed by atoms with E-state index in [4.69, 9.17) is 9.47 Å². The van der Waals surface area contributed by atoms with Crippen LogP contribution in [0.25, 0.3) is 0 Å². The highest BCUT2D eigenvalue weighted by atomic mass is 79.9. The Kier molecular flexibility index (Phi) is 5.79. The van der Waals surface area contributed by atoms with E-state index in [9.17, 15) is 9.59 Å². The van der Waals surface area contributed by atoms with Gasteiger partial charge in [-0.2, -0.15) is 0 Å². The fourth-order valence-electron chi connectivity index (χ4n) is 4.45. The van der Waals surface area contributed by atoms with E-state index in [2.05, 4.69) is 21.2 Å². The Morgan fingerprint density at radius 3 is 2.76 bits per heavy atom. The Bertz CT molecular complexity index is 915. The number of carbonyl (C=O) groups is 2. The minimum Gasteiger partial charge on any atom is -0.496 e.